The molecule has 0 N–H and O–H groups in total. The fourth-order valence-corrected chi connectivity index (χ4v) is 3.68. The number of halogens is 27. The smallest absolute Gasteiger partial charge is 0.194 e. The first kappa shape index (κ1) is 44.4. The molecule has 1 aromatic carbocycles. The third-order valence-electron chi connectivity index (χ3n) is 6.50. The number of rotatable bonds is 12. The molecular weight excluding hydrogens is 777 g/mol. The van der Waals surface area contributed by atoms with E-state index in [0.29, 0.717) is 0 Å². The molecule has 49 heavy (non-hydrogen) atoms. The van der Waals surface area contributed by atoms with E-state index in [4.69, 9.17) is 0 Å². The highest BCUT2D eigenvalue weighted by atomic mass is 19.4. The van der Waals surface area contributed by atoms with Gasteiger partial charge in [0.1, 0.15) is 0 Å². The molecule has 0 aromatic heterocycles. The van der Waals surface area contributed by atoms with Crippen LogP contribution in [0.3, 0.4) is 0 Å². The Morgan fingerprint density at radius 3 is 0.837 bits per heavy atom. The summed E-state index contributed by atoms with van der Waals surface area (Å²) in [4.78, 5) is 0. The lowest BCUT2D eigenvalue weighted by Crippen LogP contribution is -2.61. The Bertz CT molecular complexity index is 1270. The van der Waals surface area contributed by atoms with Gasteiger partial charge in [-0.1, -0.05) is 13.3 Å². The summed E-state index contributed by atoms with van der Waals surface area (Å²) in [5, 5.41) is 0. The van der Waals surface area contributed by atoms with E-state index in [1.807, 2.05) is 0 Å². The molecule has 1 rings (SSSR count). The molecule has 0 saturated carbocycles. The van der Waals surface area contributed by atoms with Crippen molar-refractivity contribution in [2.24, 2.45) is 0 Å². The molecule has 0 atom stereocenters. The topological polar surface area (TPSA) is 0 Å². The fourth-order valence-electron chi connectivity index (χ4n) is 3.68. The van der Waals surface area contributed by atoms with Gasteiger partial charge in [0.2, 0.25) is 0 Å². The summed E-state index contributed by atoms with van der Waals surface area (Å²) in [5.41, 5.74) is -15.8. The lowest BCUT2D eigenvalue weighted by molar-refractivity contribution is -0.401. The van der Waals surface area contributed by atoms with Gasteiger partial charge in [0.25, 0.3) is 0 Å². The first-order valence-corrected chi connectivity index (χ1v) is 11.8. The maximum Gasteiger partial charge on any atom is 0.460 e. The molecule has 0 bridgehead atoms. The summed E-state index contributed by atoms with van der Waals surface area (Å²) < 4.78 is 369. The molecule has 0 aliphatic heterocycles. The van der Waals surface area contributed by atoms with E-state index < -0.39 is 125 Å². The van der Waals surface area contributed by atoms with Crippen molar-refractivity contribution in [2.75, 3.05) is 0 Å². The van der Waals surface area contributed by atoms with Crippen molar-refractivity contribution in [1.29, 1.82) is 0 Å². The molecular formula is C22H11F27. The number of benzene rings is 1. The average molecular weight is 788 g/mol. The summed E-state index contributed by atoms with van der Waals surface area (Å²) in [6.07, 6.45) is -28.2. The van der Waals surface area contributed by atoms with Crippen molar-refractivity contribution >= 4 is 0 Å². The van der Waals surface area contributed by atoms with Crippen molar-refractivity contribution < 1.29 is 119 Å². The maximum absolute atomic E-state index is 15.0. The van der Waals surface area contributed by atoms with Gasteiger partial charge in [-0.3, -0.25) is 0 Å². The van der Waals surface area contributed by atoms with Crippen LogP contribution < -0.4 is 0 Å². The fraction of sp³-hybridized carbons (Fsp3) is 0.727. The Morgan fingerprint density at radius 1 is 0.367 bits per heavy atom. The van der Waals surface area contributed by atoms with E-state index in [9.17, 15) is 119 Å². The molecule has 0 amide bonds. The SMILES string of the molecule is CCCCc1c(C(F)(F)C(F)(F)C(F)(F)C(F)(F)F)cc(C(F)(F)C(F)(F)C(F)(F)C(F)(F)F)cc1C(F)(F)C(F)(F)C(F)(F)C(F)(F)F. The Balaban J connectivity index is 4.77. The van der Waals surface area contributed by atoms with Gasteiger partial charge in [0.05, 0.1) is 0 Å². The molecule has 0 heterocycles. The van der Waals surface area contributed by atoms with Crippen LogP contribution in [0.15, 0.2) is 12.1 Å². The molecule has 27 heteroatoms. The van der Waals surface area contributed by atoms with Crippen molar-refractivity contribution in [3.63, 3.8) is 0 Å². The van der Waals surface area contributed by atoms with Gasteiger partial charge < -0.3 is 0 Å². The van der Waals surface area contributed by atoms with Crippen LogP contribution in [0.1, 0.15) is 42.0 Å². The number of hydrogen-bond acceptors (Lipinski definition) is 0. The minimum Gasteiger partial charge on any atom is -0.194 e. The Kier molecular flexibility index (Phi) is 10.8. The zero-order chi connectivity index (χ0) is 39.8. The van der Waals surface area contributed by atoms with Crippen LogP contribution >= 0.6 is 0 Å². The van der Waals surface area contributed by atoms with Crippen molar-refractivity contribution in [2.45, 2.75) is 98.0 Å². The third-order valence-corrected chi connectivity index (χ3v) is 6.50. The molecule has 1 aromatic rings. The highest BCUT2D eigenvalue weighted by Crippen LogP contribution is 2.63. The summed E-state index contributed by atoms with van der Waals surface area (Å²) in [5.74, 6) is -73.2. The lowest BCUT2D eigenvalue weighted by Gasteiger charge is -2.39. The average Bonchev–Trinajstić information content (AvgIpc) is 2.88. The Morgan fingerprint density at radius 2 is 0.612 bits per heavy atom. The molecule has 0 nitrogen and oxygen atoms in total. The molecule has 0 unspecified atom stereocenters. The summed E-state index contributed by atoms with van der Waals surface area (Å²) in [7, 11) is 0. The third kappa shape index (κ3) is 6.29. The minimum absolute atomic E-state index is 0.747. The number of alkyl halides is 27. The lowest BCUT2D eigenvalue weighted by atomic mass is 9.81. The van der Waals surface area contributed by atoms with E-state index in [1.165, 1.54) is 0 Å². The van der Waals surface area contributed by atoms with E-state index >= 15 is 0 Å². The van der Waals surface area contributed by atoms with Crippen molar-refractivity contribution in [3.8, 4) is 0 Å². The van der Waals surface area contributed by atoms with Crippen LogP contribution in [0, 0.1) is 0 Å². The van der Waals surface area contributed by atoms with E-state index in [1.54, 1.807) is 0 Å². The second-order valence-electron chi connectivity index (χ2n) is 9.82. The van der Waals surface area contributed by atoms with Crippen molar-refractivity contribution in [1.82, 2.24) is 0 Å². The first-order chi connectivity index (χ1) is 21.0. The van der Waals surface area contributed by atoms with Crippen LogP contribution in [0.25, 0.3) is 0 Å². The highest BCUT2D eigenvalue weighted by molar-refractivity contribution is 5.48. The summed E-state index contributed by atoms with van der Waals surface area (Å²) in [6, 6.07) is -4.24. The normalized spacial score (nSPS) is 16.0. The predicted molar refractivity (Wildman–Crippen MR) is 105 cm³/mol. The van der Waals surface area contributed by atoms with E-state index in [-0.39, 0.29) is 0 Å². The van der Waals surface area contributed by atoms with Crippen molar-refractivity contribution in [3.05, 3.63) is 34.4 Å². The summed E-state index contributed by atoms with van der Waals surface area (Å²) >= 11 is 0. The second kappa shape index (κ2) is 12.0. The van der Waals surface area contributed by atoms with Gasteiger partial charge in [-0.05, 0) is 30.5 Å². The molecule has 0 radical (unpaired) electrons. The van der Waals surface area contributed by atoms with Crippen LogP contribution in [-0.4, -0.2) is 54.1 Å². The predicted octanol–water partition coefficient (Wildman–Crippen LogP) is 11.8. The van der Waals surface area contributed by atoms with Gasteiger partial charge >= 0.3 is 71.8 Å². The van der Waals surface area contributed by atoms with Gasteiger partial charge in [0.15, 0.2) is 0 Å². The molecule has 0 fully saturated rings. The molecule has 0 aliphatic carbocycles. The van der Waals surface area contributed by atoms with Gasteiger partial charge in [0, 0.05) is 16.7 Å². The molecule has 0 spiro atoms. The second-order valence-corrected chi connectivity index (χ2v) is 9.82. The Labute approximate surface area is 252 Å². The molecule has 288 valence electrons. The molecule has 0 saturated heterocycles. The van der Waals surface area contributed by atoms with Gasteiger partial charge in [-0.15, -0.1) is 0 Å². The summed E-state index contributed by atoms with van der Waals surface area (Å²) in [6.45, 7) is 0.747. The maximum atomic E-state index is 15.0. The Hall–Kier alpha value is -2.67. The van der Waals surface area contributed by atoms with E-state index in [2.05, 4.69) is 0 Å². The molecule has 0 aliphatic rings. The minimum atomic E-state index is -8.31. The van der Waals surface area contributed by atoms with E-state index in [0.717, 1.165) is 6.92 Å². The van der Waals surface area contributed by atoms with Gasteiger partial charge in [-0.25, -0.2) is 0 Å². The highest BCUT2D eigenvalue weighted by Gasteiger charge is 2.85. The van der Waals surface area contributed by atoms with Crippen LogP contribution in [0.5, 0.6) is 0 Å². The standard InChI is InChI=1S/C22H11F27/c1-2-3-4-8-9(12(25,26)15(31,32)18(37,38)21(44,45)46)5-7(11(23,24)14(29,30)17(35,36)20(41,42)43)6-10(8)13(27,28)16(33,34)19(39,40)22(47,48)49/h5-6H,2-4H2,1H3. The number of hydrogen-bond donors (Lipinski definition) is 0. The van der Waals surface area contributed by atoms with Crippen LogP contribution in [0.4, 0.5) is 119 Å². The monoisotopic (exact) mass is 788 g/mol. The van der Waals surface area contributed by atoms with Crippen LogP contribution in [-0.2, 0) is 24.2 Å². The zero-order valence-corrected chi connectivity index (χ0v) is 22.5. The van der Waals surface area contributed by atoms with Gasteiger partial charge in [-0.2, -0.15) is 119 Å². The largest absolute Gasteiger partial charge is 0.460 e. The quantitative estimate of drug-likeness (QED) is 0.185. The first-order valence-electron chi connectivity index (χ1n) is 11.8. The van der Waals surface area contributed by atoms with Crippen LogP contribution in [0.2, 0.25) is 0 Å². The number of unbranched alkanes of at least 4 members (excludes halogenated alkanes) is 1. The zero-order valence-electron chi connectivity index (χ0n) is 22.5.